The summed E-state index contributed by atoms with van der Waals surface area (Å²) in [5.74, 6) is 0.608. The van der Waals surface area contributed by atoms with Crippen molar-refractivity contribution in [3.05, 3.63) is 91.3 Å². The molecule has 6 aromatic rings. The van der Waals surface area contributed by atoms with E-state index in [9.17, 15) is 0 Å². The quantitative estimate of drug-likeness (QED) is 0.381. The molecule has 0 aliphatic heterocycles. The molecule has 0 saturated heterocycles. The van der Waals surface area contributed by atoms with Crippen molar-refractivity contribution in [3.8, 4) is 17.1 Å². The van der Waals surface area contributed by atoms with E-state index in [4.69, 9.17) is 4.42 Å². The highest BCUT2D eigenvalue weighted by Gasteiger charge is 2.12. The fourth-order valence-electron chi connectivity index (χ4n) is 3.86. The van der Waals surface area contributed by atoms with E-state index >= 15 is 0 Å². The summed E-state index contributed by atoms with van der Waals surface area (Å²) in [6.07, 6.45) is 3.41. The summed E-state index contributed by atoms with van der Waals surface area (Å²) in [6.45, 7) is 0. The zero-order chi connectivity index (χ0) is 18.5. The van der Waals surface area contributed by atoms with Crippen molar-refractivity contribution in [1.29, 1.82) is 0 Å². The van der Waals surface area contributed by atoms with E-state index in [2.05, 4.69) is 87.3 Å². The highest BCUT2D eigenvalue weighted by atomic mass is 16.3. The van der Waals surface area contributed by atoms with Crippen molar-refractivity contribution in [2.45, 2.75) is 0 Å². The Morgan fingerprint density at radius 1 is 0.714 bits per heavy atom. The zero-order valence-corrected chi connectivity index (χ0v) is 14.9. The smallest absolute Gasteiger partial charge is 0.227 e. The molecule has 28 heavy (non-hydrogen) atoms. The summed E-state index contributed by atoms with van der Waals surface area (Å²) >= 11 is 0. The first-order chi connectivity index (χ1) is 13.9. The van der Waals surface area contributed by atoms with Gasteiger partial charge in [-0.25, -0.2) is 4.98 Å². The molecular formula is C24H15N3O. The van der Waals surface area contributed by atoms with Crippen molar-refractivity contribution < 1.29 is 4.42 Å². The lowest BCUT2D eigenvalue weighted by Gasteiger charge is -2.08. The van der Waals surface area contributed by atoms with Gasteiger partial charge in [-0.2, -0.15) is 0 Å². The van der Waals surface area contributed by atoms with E-state index in [1.807, 2.05) is 6.07 Å². The van der Waals surface area contributed by atoms with Crippen molar-refractivity contribution >= 4 is 32.9 Å². The maximum absolute atomic E-state index is 5.84. The van der Waals surface area contributed by atoms with Crippen LogP contribution in [0.3, 0.4) is 0 Å². The summed E-state index contributed by atoms with van der Waals surface area (Å²) in [7, 11) is 0. The molecule has 132 valence electrons. The van der Waals surface area contributed by atoms with E-state index in [0.29, 0.717) is 11.5 Å². The summed E-state index contributed by atoms with van der Waals surface area (Å²) in [5.41, 5.74) is 5.97. The number of rotatable bonds is 2. The minimum absolute atomic E-state index is 0.608. The number of para-hydroxylation sites is 2. The Morgan fingerprint density at radius 3 is 2.07 bits per heavy atom. The maximum Gasteiger partial charge on any atom is 0.227 e. The Balaban J connectivity index is 1.52. The first-order valence-electron chi connectivity index (χ1n) is 9.18. The molecule has 3 aromatic heterocycles. The summed E-state index contributed by atoms with van der Waals surface area (Å²) < 4.78 is 8.14. The second kappa shape index (κ2) is 5.79. The average Bonchev–Trinajstić information content (AvgIpc) is 3.33. The van der Waals surface area contributed by atoms with Gasteiger partial charge in [-0.3, -0.25) is 4.98 Å². The summed E-state index contributed by atoms with van der Waals surface area (Å²) in [6, 6.07) is 27.2. The molecule has 6 rings (SSSR count). The molecule has 4 heteroatoms. The molecule has 0 amide bonds. The van der Waals surface area contributed by atoms with Gasteiger partial charge < -0.3 is 8.98 Å². The van der Waals surface area contributed by atoms with Gasteiger partial charge in [-0.05, 0) is 42.5 Å². The van der Waals surface area contributed by atoms with Crippen LogP contribution in [-0.2, 0) is 0 Å². The molecule has 0 atom stereocenters. The minimum atomic E-state index is 0.608. The van der Waals surface area contributed by atoms with Gasteiger partial charge in [0, 0.05) is 28.2 Å². The number of hydrogen-bond acceptors (Lipinski definition) is 3. The van der Waals surface area contributed by atoms with Crippen LogP contribution in [0.4, 0.5) is 0 Å². The second-order valence-corrected chi connectivity index (χ2v) is 6.78. The van der Waals surface area contributed by atoms with Gasteiger partial charge in [-0.1, -0.05) is 36.4 Å². The van der Waals surface area contributed by atoms with E-state index < -0.39 is 0 Å². The van der Waals surface area contributed by atoms with Crippen molar-refractivity contribution in [1.82, 2.24) is 14.5 Å². The van der Waals surface area contributed by atoms with E-state index in [0.717, 1.165) is 16.8 Å². The highest BCUT2D eigenvalue weighted by molar-refractivity contribution is 6.09. The van der Waals surface area contributed by atoms with Crippen molar-refractivity contribution in [2.75, 3.05) is 0 Å². The Kier molecular flexibility index (Phi) is 3.14. The lowest BCUT2D eigenvalue weighted by atomic mass is 10.2. The fourth-order valence-corrected chi connectivity index (χ4v) is 3.86. The predicted molar refractivity (Wildman–Crippen MR) is 112 cm³/mol. The van der Waals surface area contributed by atoms with Crippen LogP contribution in [0.25, 0.3) is 50.0 Å². The average molecular weight is 361 g/mol. The first-order valence-corrected chi connectivity index (χ1v) is 9.18. The Hall–Kier alpha value is -3.92. The fraction of sp³-hybridized carbons (Fsp3) is 0. The monoisotopic (exact) mass is 361 g/mol. The number of oxazole rings is 1. The van der Waals surface area contributed by atoms with Gasteiger partial charge in [-0.15, -0.1) is 0 Å². The third-order valence-corrected chi connectivity index (χ3v) is 5.14. The van der Waals surface area contributed by atoms with Gasteiger partial charge in [0.05, 0.1) is 17.2 Å². The number of hydrogen-bond donors (Lipinski definition) is 0. The number of pyridine rings is 1. The van der Waals surface area contributed by atoms with Crippen LogP contribution >= 0.6 is 0 Å². The standard InChI is InChI=1S/C24H15N3O/c1-3-7-21-18(5-1)19-6-2-4-8-22(19)27(21)17-11-9-16(10-12-17)24-26-20-13-14-25-15-23(20)28-24/h1-15H. The van der Waals surface area contributed by atoms with Crippen LogP contribution in [0.15, 0.2) is 95.7 Å². The van der Waals surface area contributed by atoms with Crippen LogP contribution in [-0.4, -0.2) is 14.5 Å². The predicted octanol–water partition coefficient (Wildman–Crippen LogP) is 5.99. The van der Waals surface area contributed by atoms with Crippen LogP contribution in [0.2, 0.25) is 0 Å². The van der Waals surface area contributed by atoms with Crippen LogP contribution in [0.5, 0.6) is 0 Å². The molecule has 3 heterocycles. The van der Waals surface area contributed by atoms with E-state index in [-0.39, 0.29) is 0 Å². The molecule has 0 spiro atoms. The number of benzene rings is 3. The Morgan fingerprint density at radius 2 is 1.39 bits per heavy atom. The van der Waals surface area contributed by atoms with Gasteiger partial charge in [0.2, 0.25) is 5.89 Å². The molecule has 3 aromatic carbocycles. The number of nitrogens with zero attached hydrogens (tertiary/aromatic N) is 3. The van der Waals surface area contributed by atoms with Crippen LogP contribution < -0.4 is 0 Å². The lowest BCUT2D eigenvalue weighted by Crippen LogP contribution is -1.93. The van der Waals surface area contributed by atoms with Gasteiger partial charge >= 0.3 is 0 Å². The number of fused-ring (bicyclic) bond motifs is 4. The van der Waals surface area contributed by atoms with E-state index in [1.165, 1.54) is 21.8 Å². The van der Waals surface area contributed by atoms with Crippen molar-refractivity contribution in [3.63, 3.8) is 0 Å². The normalized spacial score (nSPS) is 11.6. The summed E-state index contributed by atoms with van der Waals surface area (Å²) in [4.78, 5) is 8.65. The molecule has 0 unspecified atom stereocenters. The third-order valence-electron chi connectivity index (χ3n) is 5.14. The lowest BCUT2D eigenvalue weighted by molar-refractivity contribution is 0.618. The Bertz CT molecular complexity index is 1370. The van der Waals surface area contributed by atoms with Gasteiger partial charge in [0.1, 0.15) is 5.52 Å². The first kappa shape index (κ1) is 15.2. The molecule has 0 bridgehead atoms. The maximum atomic E-state index is 5.84. The molecular weight excluding hydrogens is 346 g/mol. The van der Waals surface area contributed by atoms with Crippen molar-refractivity contribution in [2.24, 2.45) is 0 Å². The molecule has 0 aliphatic rings. The molecule has 0 fully saturated rings. The number of aromatic nitrogens is 3. The Labute approximate surface area is 160 Å². The largest absolute Gasteiger partial charge is 0.434 e. The van der Waals surface area contributed by atoms with E-state index in [1.54, 1.807) is 12.4 Å². The highest BCUT2D eigenvalue weighted by Crippen LogP contribution is 2.32. The zero-order valence-electron chi connectivity index (χ0n) is 14.9. The molecule has 4 nitrogen and oxygen atoms in total. The molecule has 0 N–H and O–H groups in total. The van der Waals surface area contributed by atoms with Gasteiger partial charge in [0.25, 0.3) is 0 Å². The SMILES string of the molecule is c1ccc2c(c1)c1ccccc1n2-c1ccc(-c2nc3ccncc3o2)cc1. The van der Waals surface area contributed by atoms with Gasteiger partial charge in [0.15, 0.2) is 5.58 Å². The molecule has 0 saturated carbocycles. The van der Waals surface area contributed by atoms with Crippen LogP contribution in [0.1, 0.15) is 0 Å². The second-order valence-electron chi connectivity index (χ2n) is 6.78. The minimum Gasteiger partial charge on any atom is -0.434 e. The molecule has 0 aliphatic carbocycles. The third kappa shape index (κ3) is 2.18. The topological polar surface area (TPSA) is 43.9 Å². The molecule has 0 radical (unpaired) electrons. The summed E-state index contributed by atoms with van der Waals surface area (Å²) in [5, 5.41) is 2.52. The van der Waals surface area contributed by atoms with Crippen LogP contribution in [0, 0.1) is 0 Å².